The Labute approximate surface area is 93.1 Å². The molecule has 1 aromatic heterocycles. The van der Waals surface area contributed by atoms with Crippen LogP contribution in [-0.4, -0.2) is 22.0 Å². The molecule has 5 nitrogen and oxygen atoms in total. The van der Waals surface area contributed by atoms with Gasteiger partial charge in [0.2, 0.25) is 5.88 Å². The van der Waals surface area contributed by atoms with E-state index in [1.807, 2.05) is 6.07 Å². The fourth-order valence-electron chi connectivity index (χ4n) is 1.49. The molecule has 3 N–H and O–H groups in total. The Morgan fingerprint density at radius 1 is 1.44 bits per heavy atom. The molecule has 16 heavy (non-hydrogen) atoms. The van der Waals surface area contributed by atoms with Gasteiger partial charge in [0.1, 0.15) is 5.75 Å². The molecule has 0 atom stereocenters. The molecule has 1 heterocycles. The molecule has 0 fully saturated rings. The summed E-state index contributed by atoms with van der Waals surface area (Å²) >= 11 is 0. The maximum Gasteiger partial charge on any atom is 0.233 e. The van der Waals surface area contributed by atoms with E-state index in [1.54, 1.807) is 36.1 Å². The number of rotatable bonds is 3. The van der Waals surface area contributed by atoms with Crippen LogP contribution in [-0.2, 0) is 6.54 Å². The maximum atomic E-state index is 9.40. The van der Waals surface area contributed by atoms with E-state index in [1.165, 1.54) is 0 Å². The zero-order valence-electron chi connectivity index (χ0n) is 8.92. The van der Waals surface area contributed by atoms with Crippen molar-refractivity contribution in [3.8, 4) is 17.3 Å². The molecule has 0 radical (unpaired) electrons. The van der Waals surface area contributed by atoms with Crippen LogP contribution < -0.4 is 10.5 Å². The second-order valence-corrected chi connectivity index (χ2v) is 3.31. The third kappa shape index (κ3) is 1.85. The maximum absolute atomic E-state index is 9.40. The Bertz CT molecular complexity index is 494. The van der Waals surface area contributed by atoms with E-state index < -0.39 is 0 Å². The average Bonchev–Trinajstić information content (AvgIpc) is 2.72. The third-order valence-electron chi connectivity index (χ3n) is 2.25. The molecule has 0 saturated carbocycles. The summed E-state index contributed by atoms with van der Waals surface area (Å²) in [7, 11) is 1.55. The molecule has 0 aliphatic heterocycles. The molecule has 0 aliphatic carbocycles. The summed E-state index contributed by atoms with van der Waals surface area (Å²) in [4.78, 5) is 0. The Balaban J connectivity index is 2.50. The van der Waals surface area contributed by atoms with Crippen LogP contribution in [0.2, 0.25) is 0 Å². The highest BCUT2D eigenvalue weighted by atomic mass is 16.5. The lowest BCUT2D eigenvalue weighted by Crippen LogP contribution is -2.06. The fraction of sp³-hybridized carbons (Fsp3) is 0.182. The van der Waals surface area contributed by atoms with Crippen LogP contribution >= 0.6 is 0 Å². The zero-order chi connectivity index (χ0) is 11.5. The summed E-state index contributed by atoms with van der Waals surface area (Å²) in [6.07, 6.45) is 0. The highest BCUT2D eigenvalue weighted by molar-refractivity contribution is 5.40. The molecule has 84 valence electrons. The summed E-state index contributed by atoms with van der Waals surface area (Å²) in [5.41, 5.74) is 7.19. The van der Waals surface area contributed by atoms with Gasteiger partial charge in [-0.25, -0.2) is 4.68 Å². The van der Waals surface area contributed by atoms with E-state index in [4.69, 9.17) is 10.5 Å². The highest BCUT2D eigenvalue weighted by Crippen LogP contribution is 2.19. The first-order valence-corrected chi connectivity index (χ1v) is 4.87. The van der Waals surface area contributed by atoms with Gasteiger partial charge in [-0.05, 0) is 12.1 Å². The minimum Gasteiger partial charge on any atom is -0.508 e. The third-order valence-corrected chi connectivity index (χ3v) is 2.25. The molecule has 2 rings (SSSR count). The number of aromatic hydroxyl groups is 1. The zero-order valence-corrected chi connectivity index (χ0v) is 8.92. The molecule has 2 aromatic rings. The normalized spacial score (nSPS) is 10.4. The summed E-state index contributed by atoms with van der Waals surface area (Å²) in [6, 6.07) is 8.58. The van der Waals surface area contributed by atoms with Crippen molar-refractivity contribution >= 4 is 0 Å². The smallest absolute Gasteiger partial charge is 0.233 e. The van der Waals surface area contributed by atoms with E-state index in [0.29, 0.717) is 12.4 Å². The Kier molecular flexibility index (Phi) is 2.78. The van der Waals surface area contributed by atoms with Crippen molar-refractivity contribution in [2.75, 3.05) is 7.11 Å². The summed E-state index contributed by atoms with van der Waals surface area (Å²) in [6.45, 7) is 0.353. The van der Waals surface area contributed by atoms with Gasteiger partial charge in [-0.1, -0.05) is 6.07 Å². The monoisotopic (exact) mass is 219 g/mol. The number of nitrogens with zero attached hydrogens (tertiary/aromatic N) is 2. The molecule has 0 spiro atoms. The van der Waals surface area contributed by atoms with Crippen LogP contribution in [0.15, 0.2) is 30.3 Å². The van der Waals surface area contributed by atoms with Crippen molar-refractivity contribution in [2.24, 2.45) is 5.73 Å². The van der Waals surface area contributed by atoms with Crippen LogP contribution in [0.5, 0.6) is 11.6 Å². The molecular formula is C11H13N3O2. The number of nitrogens with two attached hydrogens (primary N) is 1. The summed E-state index contributed by atoms with van der Waals surface area (Å²) in [5.74, 6) is 0.693. The Morgan fingerprint density at radius 2 is 2.25 bits per heavy atom. The van der Waals surface area contributed by atoms with Gasteiger partial charge in [0, 0.05) is 18.7 Å². The quantitative estimate of drug-likeness (QED) is 0.809. The van der Waals surface area contributed by atoms with Crippen LogP contribution in [0, 0.1) is 0 Å². The van der Waals surface area contributed by atoms with E-state index in [0.717, 1.165) is 11.4 Å². The summed E-state index contributed by atoms with van der Waals surface area (Å²) in [5, 5.41) is 13.6. The highest BCUT2D eigenvalue weighted by Gasteiger charge is 2.08. The number of phenolic OH excluding ortho intramolecular Hbond substituents is 1. The number of benzene rings is 1. The van der Waals surface area contributed by atoms with Crippen molar-refractivity contribution in [3.63, 3.8) is 0 Å². The van der Waals surface area contributed by atoms with Gasteiger partial charge in [-0.3, -0.25) is 0 Å². The Hall–Kier alpha value is -2.01. The lowest BCUT2D eigenvalue weighted by atomic mass is 10.3. The van der Waals surface area contributed by atoms with Crippen molar-refractivity contribution in [3.05, 3.63) is 36.0 Å². The van der Waals surface area contributed by atoms with Crippen molar-refractivity contribution < 1.29 is 9.84 Å². The number of ether oxygens (including phenoxy) is 1. The topological polar surface area (TPSA) is 73.3 Å². The number of aromatic nitrogens is 2. The van der Waals surface area contributed by atoms with Gasteiger partial charge in [0.05, 0.1) is 18.5 Å². The van der Waals surface area contributed by atoms with E-state index in [9.17, 15) is 5.11 Å². The van der Waals surface area contributed by atoms with E-state index in [2.05, 4.69) is 5.10 Å². The van der Waals surface area contributed by atoms with Crippen LogP contribution in [0.25, 0.3) is 5.69 Å². The number of methoxy groups -OCH3 is 1. The van der Waals surface area contributed by atoms with Gasteiger partial charge < -0.3 is 15.6 Å². The van der Waals surface area contributed by atoms with Gasteiger partial charge in [0.25, 0.3) is 0 Å². The van der Waals surface area contributed by atoms with Crippen molar-refractivity contribution in [1.82, 2.24) is 9.78 Å². The van der Waals surface area contributed by atoms with Gasteiger partial charge >= 0.3 is 0 Å². The standard InChI is InChI=1S/C11H13N3O2/c1-16-11-6-9(7-12)14(13-11)8-3-2-4-10(15)5-8/h2-6,15H,7,12H2,1H3. The fourth-order valence-corrected chi connectivity index (χ4v) is 1.49. The minimum atomic E-state index is 0.190. The lowest BCUT2D eigenvalue weighted by Gasteiger charge is -2.05. The van der Waals surface area contributed by atoms with Crippen molar-refractivity contribution in [1.29, 1.82) is 0 Å². The molecule has 0 bridgehead atoms. The number of hydrogen-bond acceptors (Lipinski definition) is 4. The SMILES string of the molecule is COc1cc(CN)n(-c2cccc(O)c2)n1. The average molecular weight is 219 g/mol. The van der Waals surface area contributed by atoms with Crippen LogP contribution in [0.4, 0.5) is 0 Å². The summed E-state index contributed by atoms with van der Waals surface area (Å²) < 4.78 is 6.69. The van der Waals surface area contributed by atoms with Gasteiger partial charge in [0.15, 0.2) is 0 Å². The van der Waals surface area contributed by atoms with Crippen molar-refractivity contribution in [2.45, 2.75) is 6.54 Å². The largest absolute Gasteiger partial charge is 0.508 e. The molecule has 0 amide bonds. The predicted molar refractivity (Wildman–Crippen MR) is 59.7 cm³/mol. The van der Waals surface area contributed by atoms with Gasteiger partial charge in [-0.2, -0.15) is 0 Å². The second-order valence-electron chi connectivity index (χ2n) is 3.31. The number of phenols is 1. The van der Waals surface area contributed by atoms with Gasteiger partial charge in [-0.15, -0.1) is 5.10 Å². The number of hydrogen-bond donors (Lipinski definition) is 2. The molecular weight excluding hydrogens is 206 g/mol. The second kappa shape index (κ2) is 4.24. The Morgan fingerprint density at radius 3 is 2.88 bits per heavy atom. The van der Waals surface area contributed by atoms with Crippen LogP contribution in [0.3, 0.4) is 0 Å². The molecule has 1 aromatic carbocycles. The van der Waals surface area contributed by atoms with E-state index >= 15 is 0 Å². The molecule has 0 saturated heterocycles. The predicted octanol–water partition coefficient (Wildman–Crippen LogP) is 1.05. The lowest BCUT2D eigenvalue weighted by molar-refractivity contribution is 0.394. The molecule has 0 aliphatic rings. The molecule has 5 heteroatoms. The van der Waals surface area contributed by atoms with E-state index in [-0.39, 0.29) is 5.75 Å². The first-order valence-electron chi connectivity index (χ1n) is 4.87. The first-order chi connectivity index (χ1) is 7.74. The first kappa shape index (κ1) is 10.5. The minimum absolute atomic E-state index is 0.190. The van der Waals surface area contributed by atoms with Crippen LogP contribution in [0.1, 0.15) is 5.69 Å². The molecule has 0 unspecified atom stereocenters.